The Morgan fingerprint density at radius 2 is 2.05 bits per heavy atom. The summed E-state index contributed by atoms with van der Waals surface area (Å²) in [6.45, 7) is 0.252. The topological polar surface area (TPSA) is 95.6 Å². The van der Waals surface area contributed by atoms with Gasteiger partial charge in [-0.05, 0) is 36.6 Å². The van der Waals surface area contributed by atoms with Crippen LogP contribution in [0.4, 0.5) is 20.3 Å². The van der Waals surface area contributed by atoms with Crippen molar-refractivity contribution in [1.29, 1.82) is 0 Å². The van der Waals surface area contributed by atoms with Gasteiger partial charge in [-0.2, -0.15) is 15.3 Å². The fraction of sp³-hybridized carbons (Fsp3) is 0.192. The van der Waals surface area contributed by atoms with E-state index in [0.717, 1.165) is 18.4 Å². The van der Waals surface area contributed by atoms with Crippen molar-refractivity contribution in [2.45, 2.75) is 25.3 Å². The first-order valence-corrected chi connectivity index (χ1v) is 12.0. The van der Waals surface area contributed by atoms with Gasteiger partial charge in [0.15, 0.2) is 17.3 Å². The van der Waals surface area contributed by atoms with E-state index in [-0.39, 0.29) is 23.6 Å². The Kier molecular flexibility index (Phi) is 4.94. The maximum absolute atomic E-state index is 14.5. The zero-order chi connectivity index (χ0) is 25.1. The lowest BCUT2D eigenvalue weighted by molar-refractivity contribution is -0.832. The minimum Gasteiger partial charge on any atom is -0.582 e. The zero-order valence-corrected chi connectivity index (χ0v) is 19.5. The first-order valence-electron chi connectivity index (χ1n) is 12.0. The van der Waals surface area contributed by atoms with Gasteiger partial charge >= 0.3 is 0 Å². The average Bonchev–Trinajstić information content (AvgIpc) is 3.48. The van der Waals surface area contributed by atoms with Gasteiger partial charge in [-0.3, -0.25) is 4.57 Å². The van der Waals surface area contributed by atoms with Crippen LogP contribution in [0.5, 0.6) is 5.75 Å². The average molecular weight is 501 g/mol. The number of benzene rings is 2. The number of imidazole rings is 1. The van der Waals surface area contributed by atoms with Gasteiger partial charge < -0.3 is 9.94 Å². The minimum absolute atomic E-state index is 0.142. The maximum Gasteiger partial charge on any atom is 0.238 e. The van der Waals surface area contributed by atoms with Crippen molar-refractivity contribution < 1.29 is 18.8 Å². The van der Waals surface area contributed by atoms with Crippen LogP contribution in [0.3, 0.4) is 0 Å². The van der Waals surface area contributed by atoms with Crippen molar-refractivity contribution in [3.63, 3.8) is 0 Å². The Hall–Kier alpha value is -4.35. The molecule has 0 amide bonds. The van der Waals surface area contributed by atoms with Crippen molar-refractivity contribution >= 4 is 28.1 Å². The molecule has 2 aromatic heterocycles. The highest BCUT2D eigenvalue weighted by Crippen LogP contribution is 2.42. The molecule has 2 aliphatic heterocycles. The second kappa shape index (κ2) is 8.36. The molecule has 37 heavy (non-hydrogen) atoms. The third-order valence-corrected chi connectivity index (χ3v) is 6.86. The van der Waals surface area contributed by atoms with Crippen LogP contribution in [0.15, 0.2) is 61.0 Å². The van der Waals surface area contributed by atoms with E-state index >= 15 is 0 Å². The van der Waals surface area contributed by atoms with Gasteiger partial charge in [0.2, 0.25) is 11.8 Å². The number of nitrogens with zero attached hydrogens (tertiary/aromatic N) is 5. The molecule has 4 aromatic rings. The number of halogens is 2. The summed E-state index contributed by atoms with van der Waals surface area (Å²) in [5.41, 5.74) is 6.48. The normalized spacial score (nSPS) is 20.3. The van der Waals surface area contributed by atoms with Crippen LogP contribution >= 0.6 is 0 Å². The van der Waals surface area contributed by atoms with E-state index in [1.165, 1.54) is 29.5 Å². The van der Waals surface area contributed by atoms with Crippen LogP contribution in [0.2, 0.25) is 0 Å². The number of anilines is 2. The molecule has 2 aromatic carbocycles. The van der Waals surface area contributed by atoms with E-state index < -0.39 is 17.7 Å². The summed E-state index contributed by atoms with van der Waals surface area (Å²) < 4.78 is 35.9. The second-order valence-corrected chi connectivity index (χ2v) is 9.07. The lowest BCUT2D eigenvalue weighted by Crippen LogP contribution is -3.16. The predicted molar refractivity (Wildman–Crippen MR) is 133 cm³/mol. The first-order chi connectivity index (χ1) is 18.1. The molecule has 0 spiro atoms. The number of nitrogens with one attached hydrogen (secondary N) is 2. The molecule has 0 radical (unpaired) electrons. The van der Waals surface area contributed by atoms with Crippen molar-refractivity contribution in [3.05, 3.63) is 89.1 Å². The molecule has 4 heterocycles. The molecule has 0 fully saturated rings. The van der Waals surface area contributed by atoms with Gasteiger partial charge in [-0.15, -0.1) is 0 Å². The Labute approximate surface area is 209 Å². The standard InChI is InChI=1S/C26H21F2N7O2/c27-16-9-10-19-21(13-16)33(14-29-19)26-30-22(15-5-2-1-3-6-15)23-25(31-26)34(35(36)32-23)20-11-12-37-24-17(20)7-4-8-18(24)28/h2,4-10,13-14,20,32,35H,1,3,11-12H2/t20-/m1/s1. The Balaban J connectivity index is 1.44. The lowest BCUT2D eigenvalue weighted by atomic mass is 9.99. The number of hydrogen-bond donors (Lipinski definition) is 2. The van der Waals surface area contributed by atoms with Crippen LogP contribution < -0.4 is 20.5 Å². The number of aromatic nitrogens is 4. The third-order valence-electron chi connectivity index (χ3n) is 6.86. The summed E-state index contributed by atoms with van der Waals surface area (Å²) in [6.07, 6.45) is 9.83. The van der Waals surface area contributed by atoms with Crippen molar-refractivity contribution in [2.75, 3.05) is 17.0 Å². The highest BCUT2D eigenvalue weighted by atomic mass is 19.1. The minimum atomic E-state index is -0.496. The number of quaternary nitrogens is 1. The van der Waals surface area contributed by atoms with Gasteiger partial charge in [0.05, 0.1) is 17.6 Å². The summed E-state index contributed by atoms with van der Waals surface area (Å²) >= 11 is 0. The van der Waals surface area contributed by atoms with Gasteiger partial charge in [0.25, 0.3) is 0 Å². The first kappa shape index (κ1) is 21.9. The smallest absolute Gasteiger partial charge is 0.238 e. The zero-order valence-electron chi connectivity index (χ0n) is 19.5. The number of ether oxygens (including phenoxy) is 1. The molecule has 7 rings (SSSR count). The summed E-state index contributed by atoms with van der Waals surface area (Å²) in [5.74, 6) is -0.133. The molecule has 11 heteroatoms. The molecule has 1 aliphatic carbocycles. The van der Waals surface area contributed by atoms with Crippen LogP contribution in [-0.4, -0.2) is 26.1 Å². The molecular weight excluding hydrogens is 480 g/mol. The summed E-state index contributed by atoms with van der Waals surface area (Å²) in [5, 5.41) is 14.6. The number of allylic oxidation sites excluding steroid dienone is 4. The van der Waals surface area contributed by atoms with E-state index in [0.29, 0.717) is 40.2 Å². The highest BCUT2D eigenvalue weighted by molar-refractivity contribution is 5.86. The SMILES string of the molecule is [O-][NH+]1Nc2c(C3=CCCC=C3)nc(-n3cnc4ccc(F)cc43)nc2N1[C@@H]1CCOc2c(F)cccc21. The van der Waals surface area contributed by atoms with E-state index in [2.05, 4.69) is 22.6 Å². The fourth-order valence-electron chi connectivity index (χ4n) is 5.16. The number of para-hydroxylation sites is 1. The highest BCUT2D eigenvalue weighted by Gasteiger charge is 2.41. The predicted octanol–water partition coefficient (Wildman–Crippen LogP) is 3.80. The molecule has 0 bridgehead atoms. The summed E-state index contributed by atoms with van der Waals surface area (Å²) in [4.78, 5) is 14.0. The van der Waals surface area contributed by atoms with Crippen molar-refractivity contribution in [1.82, 2.24) is 19.5 Å². The maximum atomic E-state index is 14.5. The number of fused-ring (bicyclic) bond motifs is 3. The largest absolute Gasteiger partial charge is 0.582 e. The van der Waals surface area contributed by atoms with Crippen molar-refractivity contribution in [3.8, 4) is 11.7 Å². The molecule has 0 saturated heterocycles. The van der Waals surface area contributed by atoms with Crippen LogP contribution in [0, 0.1) is 16.8 Å². The van der Waals surface area contributed by atoms with E-state index in [1.54, 1.807) is 22.8 Å². The number of hydrogen-bond acceptors (Lipinski definition) is 7. The lowest BCUT2D eigenvalue weighted by Gasteiger charge is -2.36. The molecule has 3 aliphatic rings. The van der Waals surface area contributed by atoms with Gasteiger partial charge in [0, 0.05) is 18.1 Å². The van der Waals surface area contributed by atoms with Crippen molar-refractivity contribution in [2.24, 2.45) is 0 Å². The van der Waals surface area contributed by atoms with Crippen LogP contribution in [0.1, 0.15) is 36.6 Å². The molecule has 9 nitrogen and oxygen atoms in total. The number of rotatable bonds is 3. The van der Waals surface area contributed by atoms with Gasteiger partial charge in [-0.25, -0.2) is 24.2 Å². The molecular formula is C26H21F2N7O2. The fourth-order valence-corrected chi connectivity index (χ4v) is 5.16. The van der Waals surface area contributed by atoms with E-state index in [9.17, 15) is 14.0 Å². The Morgan fingerprint density at radius 3 is 2.92 bits per heavy atom. The monoisotopic (exact) mass is 501 g/mol. The Morgan fingerprint density at radius 1 is 1.14 bits per heavy atom. The van der Waals surface area contributed by atoms with Gasteiger partial charge in [-0.1, -0.05) is 30.4 Å². The quantitative estimate of drug-likeness (QED) is 0.413. The molecule has 186 valence electrons. The van der Waals surface area contributed by atoms with Crippen LogP contribution in [-0.2, 0) is 0 Å². The summed E-state index contributed by atoms with van der Waals surface area (Å²) in [7, 11) is 0. The van der Waals surface area contributed by atoms with E-state index in [4.69, 9.17) is 14.7 Å². The third kappa shape index (κ3) is 3.46. The summed E-state index contributed by atoms with van der Waals surface area (Å²) in [6, 6.07) is 8.51. The molecule has 2 atom stereocenters. The Bertz CT molecular complexity index is 1620. The van der Waals surface area contributed by atoms with Crippen LogP contribution in [0.25, 0.3) is 22.6 Å². The van der Waals surface area contributed by atoms with Gasteiger partial charge in [0.1, 0.15) is 23.9 Å². The molecule has 1 unspecified atom stereocenters. The van der Waals surface area contributed by atoms with E-state index in [1.807, 2.05) is 6.08 Å². The second-order valence-electron chi connectivity index (χ2n) is 9.07. The molecule has 0 saturated carbocycles. The molecule has 2 N–H and O–H groups in total.